The van der Waals surface area contributed by atoms with Gasteiger partial charge >= 0.3 is 0 Å². The van der Waals surface area contributed by atoms with Crippen molar-refractivity contribution < 1.29 is 0 Å². The van der Waals surface area contributed by atoms with Gasteiger partial charge in [-0.1, -0.05) is 335 Å². The topological polar surface area (TPSA) is 9.86 Å². The van der Waals surface area contributed by atoms with Gasteiger partial charge in [0, 0.05) is 41.6 Å². The van der Waals surface area contributed by atoms with Gasteiger partial charge in [0.05, 0.1) is 44.3 Å². The maximum atomic E-state index is 3.58. The molecule has 0 saturated carbocycles. The highest BCUT2D eigenvalue weighted by Gasteiger charge is 2.49. The largest absolute Gasteiger partial charge is 0.309 e. The van der Waals surface area contributed by atoms with Crippen molar-refractivity contribution in [2.24, 2.45) is 0 Å². The lowest BCUT2D eigenvalue weighted by Crippen LogP contribution is -2.29. The van der Waals surface area contributed by atoms with Crippen LogP contribution in [-0.2, 0) is 10.8 Å². The van der Waals surface area contributed by atoms with Crippen molar-refractivity contribution in [1.82, 2.24) is 9.13 Å². The zero-order valence-electron chi connectivity index (χ0n) is 55.6. The minimum atomic E-state index is -0.504. The Hall–Kier alpha value is -11.9. The van der Waals surface area contributed by atoms with Crippen molar-refractivity contribution in [2.75, 3.05) is 0 Å². The minimum absolute atomic E-state index is 0.448. The van der Waals surface area contributed by atoms with Crippen LogP contribution >= 0.6 is 31.9 Å². The molecule has 2 aliphatic rings. The molecule has 0 bridgehead atoms. The molecule has 0 radical (unpaired) electrons. The van der Waals surface area contributed by atoms with E-state index in [-0.39, 0.29) is 0 Å². The standard InChI is InChI=1S/2C49H32BrN/c50-39-28-25-33(26-29-39)34-13-11-14-35(31-34)36-27-30-46-42(32-36)40-19-8-10-23-45(40)51(46)47-24-12-22-44-48(47)41-20-7-9-21-43(41)49(44,37-15-3-1-4-16-37)38-17-5-2-6-18-38;50-39-28-25-33(26-29-39)34-13-11-14-35(31-34)36-27-30-46-43(32-36)41-20-8-10-23-45(41)51(46)47-24-12-21-42-40-19-7-9-22-44(40)49(48(42)47,37-15-3-1-4-16-37)38-17-5-2-6-18-38/h2*1-32H. The van der Waals surface area contributed by atoms with Crippen molar-refractivity contribution >= 4 is 75.5 Å². The summed E-state index contributed by atoms with van der Waals surface area (Å²) in [4.78, 5) is 0. The second-order valence-electron chi connectivity index (χ2n) is 26.8. The van der Waals surface area contributed by atoms with Crippen molar-refractivity contribution in [1.29, 1.82) is 0 Å². The molecule has 2 aromatic heterocycles. The molecule has 2 nitrogen and oxygen atoms in total. The van der Waals surface area contributed by atoms with E-state index in [0.717, 1.165) is 8.95 Å². The van der Waals surface area contributed by atoms with Crippen LogP contribution in [0.1, 0.15) is 44.5 Å². The first-order valence-corrected chi connectivity index (χ1v) is 36.5. The van der Waals surface area contributed by atoms with Crippen molar-refractivity contribution in [2.45, 2.75) is 10.8 Å². The van der Waals surface area contributed by atoms with E-state index in [9.17, 15) is 0 Å². The number of halogens is 2. The predicted molar refractivity (Wildman–Crippen MR) is 433 cm³/mol. The fraction of sp³-hybridized carbons (Fsp3) is 0.0204. The van der Waals surface area contributed by atoms with Gasteiger partial charge in [-0.05, 0) is 185 Å². The number of benzene rings is 16. The Bertz CT molecular complexity index is 6170. The Labute approximate surface area is 610 Å². The third-order valence-corrected chi connectivity index (χ3v) is 22.5. The maximum absolute atomic E-state index is 3.58. The average Bonchev–Trinajstić information content (AvgIpc) is 1.52. The van der Waals surface area contributed by atoms with E-state index in [1.54, 1.807) is 0 Å². The van der Waals surface area contributed by atoms with Crippen LogP contribution in [0.3, 0.4) is 0 Å². The number of hydrogen-bond donors (Lipinski definition) is 0. The molecule has 0 amide bonds. The van der Waals surface area contributed by atoms with Crippen molar-refractivity contribution in [3.8, 4) is 78.1 Å². The summed E-state index contributed by atoms with van der Waals surface area (Å²) in [7, 11) is 0. The van der Waals surface area contributed by atoms with E-state index in [1.165, 1.54) is 166 Å². The van der Waals surface area contributed by atoms with Crippen molar-refractivity contribution in [3.05, 3.63) is 442 Å². The first kappa shape index (κ1) is 61.2. The smallest absolute Gasteiger partial charge is 0.0734 e. The third-order valence-electron chi connectivity index (χ3n) is 21.5. The van der Waals surface area contributed by atoms with Gasteiger partial charge in [0.2, 0.25) is 0 Å². The molecule has 16 aromatic carbocycles. The van der Waals surface area contributed by atoms with Gasteiger partial charge in [-0.3, -0.25) is 0 Å². The van der Waals surface area contributed by atoms with Gasteiger partial charge in [-0.25, -0.2) is 0 Å². The van der Waals surface area contributed by atoms with Gasteiger partial charge in [0.1, 0.15) is 0 Å². The molecule has 480 valence electrons. The van der Waals surface area contributed by atoms with Crippen LogP contribution in [0.25, 0.3) is 122 Å². The Morgan fingerprint density at radius 3 is 1.04 bits per heavy atom. The van der Waals surface area contributed by atoms with Crippen LogP contribution in [0, 0.1) is 0 Å². The van der Waals surface area contributed by atoms with Crippen LogP contribution in [0.2, 0.25) is 0 Å². The second-order valence-corrected chi connectivity index (χ2v) is 28.6. The molecule has 0 fully saturated rings. The van der Waals surface area contributed by atoms with Gasteiger partial charge in [-0.2, -0.15) is 0 Å². The Morgan fingerprint density at radius 1 is 0.206 bits per heavy atom. The number of para-hydroxylation sites is 2. The van der Waals surface area contributed by atoms with E-state index in [2.05, 4.69) is 429 Å². The molecule has 0 N–H and O–H groups in total. The van der Waals surface area contributed by atoms with Crippen LogP contribution in [0.15, 0.2) is 397 Å². The third kappa shape index (κ3) is 9.72. The fourth-order valence-corrected chi connectivity index (χ4v) is 17.7. The summed E-state index contributed by atoms with van der Waals surface area (Å²) in [5.74, 6) is 0. The lowest BCUT2D eigenvalue weighted by Gasteiger charge is -2.35. The van der Waals surface area contributed by atoms with Gasteiger partial charge in [0.15, 0.2) is 0 Å². The van der Waals surface area contributed by atoms with Crippen molar-refractivity contribution in [3.63, 3.8) is 0 Å². The highest BCUT2D eigenvalue weighted by molar-refractivity contribution is 9.10. The molecule has 0 atom stereocenters. The van der Waals surface area contributed by atoms with Gasteiger partial charge < -0.3 is 9.13 Å². The zero-order chi connectivity index (χ0) is 67.9. The normalized spacial score (nSPS) is 13.0. The minimum Gasteiger partial charge on any atom is -0.309 e. The van der Waals surface area contributed by atoms with E-state index in [1.807, 2.05) is 0 Å². The Balaban J connectivity index is 0.000000141. The maximum Gasteiger partial charge on any atom is 0.0734 e. The molecular weight excluding hydrogens is 1360 g/mol. The summed E-state index contributed by atoms with van der Waals surface area (Å²) < 4.78 is 7.18. The molecule has 0 unspecified atom stereocenters. The SMILES string of the molecule is Brc1ccc(-c2cccc(-c3ccc4c(c3)c3ccccc3n4-c3cccc4c3-c3ccccc3C4(c3ccccc3)c3ccccc3)c2)cc1.Brc1ccc(-c2cccc(-c3ccc4c(c3)c3ccccc3n4-c3cccc4c3C(c3ccccc3)(c3ccccc3)c3ccccc3-4)c2)cc1. The predicted octanol–water partition coefficient (Wildman–Crippen LogP) is 26.5. The first-order valence-electron chi connectivity index (χ1n) is 34.9. The summed E-state index contributed by atoms with van der Waals surface area (Å²) >= 11 is 7.16. The Kier molecular flexibility index (Phi) is 15.0. The lowest BCUT2D eigenvalue weighted by molar-refractivity contribution is 0.762. The summed E-state index contributed by atoms with van der Waals surface area (Å²) in [5.41, 5.74) is 31.4. The molecule has 18 aromatic rings. The summed E-state index contributed by atoms with van der Waals surface area (Å²) in [6, 6.07) is 143. The molecule has 2 heterocycles. The highest BCUT2D eigenvalue weighted by Crippen LogP contribution is 2.60. The summed E-state index contributed by atoms with van der Waals surface area (Å²) in [6.07, 6.45) is 0. The summed E-state index contributed by atoms with van der Waals surface area (Å²) in [6.45, 7) is 0. The average molecular weight is 1430 g/mol. The van der Waals surface area contributed by atoms with Crippen LogP contribution < -0.4 is 0 Å². The number of rotatable bonds is 10. The molecule has 0 aliphatic heterocycles. The van der Waals surface area contributed by atoms with E-state index >= 15 is 0 Å². The van der Waals surface area contributed by atoms with Gasteiger partial charge in [-0.15, -0.1) is 0 Å². The Morgan fingerprint density at radius 2 is 0.539 bits per heavy atom. The quantitative estimate of drug-likeness (QED) is 0.129. The van der Waals surface area contributed by atoms with Crippen LogP contribution in [-0.4, -0.2) is 9.13 Å². The fourth-order valence-electron chi connectivity index (χ4n) is 17.2. The van der Waals surface area contributed by atoms with E-state index in [4.69, 9.17) is 0 Å². The number of nitrogens with zero attached hydrogens (tertiary/aromatic N) is 2. The first-order chi connectivity index (χ1) is 50.4. The highest BCUT2D eigenvalue weighted by atomic mass is 79.9. The summed E-state index contributed by atoms with van der Waals surface area (Å²) in [5, 5.41) is 4.99. The molecule has 0 spiro atoms. The zero-order valence-corrected chi connectivity index (χ0v) is 58.8. The lowest BCUT2D eigenvalue weighted by atomic mass is 9.67. The number of fused-ring (bicyclic) bond motifs is 12. The van der Waals surface area contributed by atoms with Crippen LogP contribution in [0.4, 0.5) is 0 Å². The number of aromatic nitrogens is 2. The van der Waals surface area contributed by atoms with Crippen LogP contribution in [0.5, 0.6) is 0 Å². The number of hydrogen-bond acceptors (Lipinski definition) is 0. The van der Waals surface area contributed by atoms with E-state index < -0.39 is 10.8 Å². The molecule has 0 saturated heterocycles. The monoisotopic (exact) mass is 1430 g/mol. The molecule has 102 heavy (non-hydrogen) atoms. The molecular formula is C98H64Br2N2. The second kappa shape index (κ2) is 25.1. The molecule has 2 aliphatic carbocycles. The molecule has 20 rings (SSSR count). The molecule has 4 heteroatoms. The van der Waals surface area contributed by atoms with Gasteiger partial charge in [0.25, 0.3) is 0 Å². The van der Waals surface area contributed by atoms with E-state index in [0.29, 0.717) is 0 Å².